The van der Waals surface area contributed by atoms with Gasteiger partial charge in [0.15, 0.2) is 0 Å². The molecular formula is C20H19FN4O. The molecule has 2 aromatic carbocycles. The third kappa shape index (κ3) is 3.49. The van der Waals surface area contributed by atoms with Gasteiger partial charge >= 0.3 is 6.03 Å². The van der Waals surface area contributed by atoms with Crippen molar-refractivity contribution in [3.63, 3.8) is 0 Å². The lowest BCUT2D eigenvalue weighted by Gasteiger charge is -2.24. The summed E-state index contributed by atoms with van der Waals surface area (Å²) in [5.41, 5.74) is 1.84. The van der Waals surface area contributed by atoms with Gasteiger partial charge in [0.05, 0.1) is 11.4 Å². The first kappa shape index (κ1) is 17.4. The zero-order valence-corrected chi connectivity index (χ0v) is 14.6. The maximum Gasteiger partial charge on any atom is 0.338 e. The van der Waals surface area contributed by atoms with Gasteiger partial charge in [0, 0.05) is 32.0 Å². The van der Waals surface area contributed by atoms with Crippen molar-refractivity contribution >= 4 is 23.1 Å². The Kier molecular flexibility index (Phi) is 4.84. The van der Waals surface area contributed by atoms with Gasteiger partial charge in [-0.05, 0) is 36.4 Å². The van der Waals surface area contributed by atoms with Gasteiger partial charge in [-0.1, -0.05) is 24.3 Å². The van der Waals surface area contributed by atoms with Crippen LogP contribution in [0.25, 0.3) is 0 Å². The molecule has 0 bridgehead atoms. The minimum atomic E-state index is -0.461. The monoisotopic (exact) mass is 350 g/mol. The number of amides is 1. The molecule has 26 heavy (non-hydrogen) atoms. The number of para-hydroxylation sites is 1. The Morgan fingerprint density at radius 3 is 2.23 bits per heavy atom. The number of pyridine rings is 1. The molecule has 0 radical (unpaired) electrons. The molecule has 0 saturated heterocycles. The molecule has 1 amide bonds. The highest BCUT2D eigenvalue weighted by Crippen LogP contribution is 2.26. The highest BCUT2D eigenvalue weighted by Gasteiger charge is 2.20. The molecule has 3 rings (SSSR count). The number of nitrogens with one attached hydrogen (secondary N) is 1. The summed E-state index contributed by atoms with van der Waals surface area (Å²) in [6.07, 6.45) is 1.55. The van der Waals surface area contributed by atoms with E-state index in [1.807, 2.05) is 25.1 Å². The topological polar surface area (TPSA) is 52.3 Å². The van der Waals surface area contributed by atoms with Crippen LogP contribution in [0.2, 0.25) is 0 Å². The molecule has 1 N–H and O–H groups in total. The first-order chi connectivity index (χ1) is 12.5. The van der Waals surface area contributed by atoms with Crippen LogP contribution in [0.3, 0.4) is 0 Å². The highest BCUT2D eigenvalue weighted by atomic mass is 19.1. The van der Waals surface area contributed by atoms with Crippen LogP contribution in [0.4, 0.5) is 26.2 Å². The second-order valence-electron chi connectivity index (χ2n) is 5.97. The van der Waals surface area contributed by atoms with E-state index in [2.05, 4.69) is 0 Å². The average Bonchev–Trinajstić information content (AvgIpc) is 2.62. The van der Waals surface area contributed by atoms with Crippen molar-refractivity contribution in [3.05, 3.63) is 84.2 Å². The van der Waals surface area contributed by atoms with Crippen molar-refractivity contribution in [2.45, 2.75) is 0 Å². The van der Waals surface area contributed by atoms with E-state index in [9.17, 15) is 9.18 Å². The summed E-state index contributed by atoms with van der Waals surface area (Å²) in [7, 11) is 3.73. The number of halogens is 1. The van der Waals surface area contributed by atoms with Gasteiger partial charge in [-0.3, -0.25) is 14.9 Å². The number of hydrogen-bond acceptors (Lipinski definition) is 3. The SMILES string of the molecule is CN(C)c1ccn(C(=O)N(c2ccccc2)c2cccc(F)c2)c(=N)c1. The van der Waals surface area contributed by atoms with Crippen LogP contribution in [0.5, 0.6) is 0 Å². The van der Waals surface area contributed by atoms with Crippen LogP contribution in [0.1, 0.15) is 0 Å². The zero-order chi connectivity index (χ0) is 18.7. The molecule has 0 aliphatic rings. The van der Waals surface area contributed by atoms with Crippen LogP contribution < -0.4 is 15.3 Å². The number of carbonyl (C=O) groups excluding carboxylic acids is 1. The van der Waals surface area contributed by atoms with Crippen LogP contribution in [0, 0.1) is 11.2 Å². The van der Waals surface area contributed by atoms with E-state index < -0.39 is 11.8 Å². The van der Waals surface area contributed by atoms with E-state index in [1.54, 1.807) is 54.7 Å². The van der Waals surface area contributed by atoms with E-state index in [0.29, 0.717) is 11.4 Å². The summed E-state index contributed by atoms with van der Waals surface area (Å²) in [5, 5.41) is 8.21. The number of aromatic nitrogens is 1. The lowest BCUT2D eigenvalue weighted by atomic mass is 10.2. The Bertz CT molecular complexity index is 982. The molecular weight excluding hydrogens is 331 g/mol. The summed E-state index contributed by atoms with van der Waals surface area (Å²) in [4.78, 5) is 16.4. The van der Waals surface area contributed by atoms with Gasteiger partial charge in [0.2, 0.25) is 0 Å². The minimum absolute atomic E-state index is 0.0403. The molecule has 6 heteroatoms. The fraction of sp³-hybridized carbons (Fsp3) is 0.100. The number of benzene rings is 2. The molecule has 0 aliphatic heterocycles. The first-order valence-electron chi connectivity index (χ1n) is 8.07. The average molecular weight is 350 g/mol. The van der Waals surface area contributed by atoms with E-state index >= 15 is 0 Å². The number of hydrogen-bond donors (Lipinski definition) is 1. The minimum Gasteiger partial charge on any atom is -0.378 e. The fourth-order valence-electron chi connectivity index (χ4n) is 2.60. The van der Waals surface area contributed by atoms with E-state index in [4.69, 9.17) is 5.41 Å². The lowest BCUT2D eigenvalue weighted by molar-refractivity contribution is 0.249. The number of carbonyl (C=O) groups is 1. The van der Waals surface area contributed by atoms with Crippen molar-refractivity contribution in [1.82, 2.24) is 4.57 Å². The second kappa shape index (κ2) is 7.23. The molecule has 1 heterocycles. The molecule has 0 unspecified atom stereocenters. The number of nitrogens with zero attached hydrogens (tertiary/aromatic N) is 3. The molecule has 132 valence electrons. The van der Waals surface area contributed by atoms with Gasteiger partial charge in [0.1, 0.15) is 11.3 Å². The summed E-state index contributed by atoms with van der Waals surface area (Å²) >= 11 is 0. The Hall–Kier alpha value is -3.41. The number of rotatable bonds is 3. The molecule has 0 saturated carbocycles. The van der Waals surface area contributed by atoms with Crippen molar-refractivity contribution < 1.29 is 9.18 Å². The normalized spacial score (nSPS) is 10.4. The predicted octanol–water partition coefficient (Wildman–Crippen LogP) is 3.98. The molecule has 0 fully saturated rings. The summed E-state index contributed by atoms with van der Waals surface area (Å²) in [5.74, 6) is -0.435. The largest absolute Gasteiger partial charge is 0.378 e. The first-order valence-corrected chi connectivity index (χ1v) is 8.07. The van der Waals surface area contributed by atoms with Crippen LogP contribution in [-0.4, -0.2) is 24.7 Å². The summed E-state index contributed by atoms with van der Waals surface area (Å²) in [6, 6.07) is 17.7. The molecule has 1 aromatic heterocycles. The standard InChI is InChI=1S/C20H19FN4O/c1-23(2)17-11-12-24(19(22)14-17)20(26)25(16-8-4-3-5-9-16)18-10-6-7-15(21)13-18/h3-14,22H,1-2H3. The molecule has 0 aliphatic carbocycles. The van der Waals surface area contributed by atoms with Gasteiger partial charge in [-0.25, -0.2) is 9.18 Å². The fourth-order valence-corrected chi connectivity index (χ4v) is 2.60. The van der Waals surface area contributed by atoms with Gasteiger partial charge in [-0.2, -0.15) is 0 Å². The van der Waals surface area contributed by atoms with Crippen molar-refractivity contribution in [1.29, 1.82) is 5.41 Å². The van der Waals surface area contributed by atoms with Crippen LogP contribution in [-0.2, 0) is 0 Å². The highest BCUT2D eigenvalue weighted by molar-refractivity contribution is 6.00. The maximum atomic E-state index is 13.7. The van der Waals surface area contributed by atoms with Gasteiger partial charge in [-0.15, -0.1) is 0 Å². The zero-order valence-electron chi connectivity index (χ0n) is 14.6. The molecule has 0 spiro atoms. The van der Waals surface area contributed by atoms with E-state index in [1.165, 1.54) is 21.6 Å². The summed E-state index contributed by atoms with van der Waals surface area (Å²) < 4.78 is 15.0. The van der Waals surface area contributed by atoms with E-state index in [0.717, 1.165) is 5.69 Å². The Morgan fingerprint density at radius 1 is 0.923 bits per heavy atom. The number of anilines is 3. The Morgan fingerprint density at radius 2 is 1.62 bits per heavy atom. The lowest BCUT2D eigenvalue weighted by Crippen LogP contribution is -2.37. The van der Waals surface area contributed by atoms with Gasteiger partial charge < -0.3 is 4.90 Å². The Labute approximate surface area is 151 Å². The smallest absolute Gasteiger partial charge is 0.338 e. The Balaban J connectivity index is 2.11. The van der Waals surface area contributed by atoms with Crippen LogP contribution >= 0.6 is 0 Å². The molecule has 0 atom stereocenters. The molecule has 5 nitrogen and oxygen atoms in total. The predicted molar refractivity (Wildman–Crippen MR) is 100 cm³/mol. The third-order valence-electron chi connectivity index (χ3n) is 3.93. The molecule has 3 aromatic rings. The van der Waals surface area contributed by atoms with E-state index in [-0.39, 0.29) is 5.49 Å². The van der Waals surface area contributed by atoms with Crippen LogP contribution in [0.15, 0.2) is 72.9 Å². The maximum absolute atomic E-state index is 13.7. The van der Waals surface area contributed by atoms with Gasteiger partial charge in [0.25, 0.3) is 0 Å². The van der Waals surface area contributed by atoms with Crippen molar-refractivity contribution in [3.8, 4) is 0 Å². The quantitative estimate of drug-likeness (QED) is 0.777. The third-order valence-corrected chi connectivity index (χ3v) is 3.93. The van der Waals surface area contributed by atoms with Crippen molar-refractivity contribution in [2.75, 3.05) is 23.9 Å². The second-order valence-corrected chi connectivity index (χ2v) is 5.97. The summed E-state index contributed by atoms with van der Waals surface area (Å²) in [6.45, 7) is 0. The van der Waals surface area contributed by atoms with Crippen molar-refractivity contribution in [2.24, 2.45) is 0 Å².